The lowest BCUT2D eigenvalue weighted by Crippen LogP contribution is -2.12. The average molecular weight is 223 g/mol. The molecule has 0 fully saturated rings. The quantitative estimate of drug-likeness (QED) is 0.720. The number of hydrogen-bond acceptors (Lipinski definition) is 4. The minimum atomic E-state index is 0.706. The fraction of sp³-hybridized carbons (Fsp3) is 0.667. The zero-order valence-electron chi connectivity index (χ0n) is 10.4. The molecule has 4 nitrogen and oxygen atoms in total. The van der Waals surface area contributed by atoms with Gasteiger partial charge in [-0.1, -0.05) is 13.8 Å². The van der Waals surface area contributed by atoms with Gasteiger partial charge in [0.15, 0.2) is 0 Å². The molecule has 0 aliphatic carbocycles. The number of rotatable bonds is 7. The average Bonchev–Trinajstić information content (AvgIpc) is 2.23. The summed E-state index contributed by atoms with van der Waals surface area (Å²) in [6.45, 7) is 8.62. The standard InChI is InChI=1S/C12H21N3O/c1-10(2)5-8-16-9-7-14-12-4-6-13-11(3)15-12/h4,6,10H,5,7-9H2,1-3H3,(H,13,14,15). The first-order valence-corrected chi connectivity index (χ1v) is 5.79. The predicted molar refractivity (Wildman–Crippen MR) is 65.5 cm³/mol. The highest BCUT2D eigenvalue weighted by Crippen LogP contribution is 2.01. The van der Waals surface area contributed by atoms with Crippen molar-refractivity contribution in [3.8, 4) is 0 Å². The molecule has 1 heterocycles. The Morgan fingerprint density at radius 2 is 2.19 bits per heavy atom. The molecule has 1 aromatic heterocycles. The second-order valence-electron chi connectivity index (χ2n) is 4.21. The third kappa shape index (κ3) is 5.66. The maximum absolute atomic E-state index is 5.49. The molecule has 1 N–H and O–H groups in total. The van der Waals surface area contributed by atoms with Gasteiger partial charge in [0.2, 0.25) is 0 Å². The third-order valence-electron chi connectivity index (χ3n) is 2.17. The Labute approximate surface area is 97.5 Å². The molecule has 1 aromatic rings. The van der Waals surface area contributed by atoms with Crippen molar-refractivity contribution in [3.63, 3.8) is 0 Å². The Balaban J connectivity index is 2.07. The van der Waals surface area contributed by atoms with Crippen LogP contribution in [0, 0.1) is 12.8 Å². The lowest BCUT2D eigenvalue weighted by molar-refractivity contribution is 0.132. The molecule has 0 unspecified atom stereocenters. The highest BCUT2D eigenvalue weighted by atomic mass is 16.5. The molecule has 0 aliphatic heterocycles. The van der Waals surface area contributed by atoms with E-state index in [0.717, 1.165) is 37.8 Å². The summed E-state index contributed by atoms with van der Waals surface area (Å²) >= 11 is 0. The molecular formula is C12H21N3O. The fourth-order valence-electron chi connectivity index (χ4n) is 1.23. The second-order valence-corrected chi connectivity index (χ2v) is 4.21. The molecule has 0 aliphatic rings. The van der Waals surface area contributed by atoms with Crippen LogP contribution in [0.4, 0.5) is 5.82 Å². The van der Waals surface area contributed by atoms with E-state index in [9.17, 15) is 0 Å². The van der Waals surface area contributed by atoms with Crippen LogP contribution >= 0.6 is 0 Å². The summed E-state index contributed by atoms with van der Waals surface area (Å²) in [6, 6.07) is 1.86. The third-order valence-corrected chi connectivity index (χ3v) is 2.17. The molecule has 16 heavy (non-hydrogen) atoms. The molecule has 90 valence electrons. The molecule has 0 radical (unpaired) electrons. The van der Waals surface area contributed by atoms with Crippen LogP contribution < -0.4 is 5.32 Å². The molecule has 4 heteroatoms. The maximum Gasteiger partial charge on any atom is 0.129 e. The van der Waals surface area contributed by atoms with Gasteiger partial charge in [-0.25, -0.2) is 9.97 Å². The van der Waals surface area contributed by atoms with Crippen LogP contribution in [-0.2, 0) is 4.74 Å². The minimum absolute atomic E-state index is 0.706. The number of ether oxygens (including phenoxy) is 1. The topological polar surface area (TPSA) is 47.0 Å². The van der Waals surface area contributed by atoms with Gasteiger partial charge in [0, 0.05) is 19.3 Å². The molecule has 0 saturated heterocycles. The molecule has 0 amide bonds. The summed E-state index contributed by atoms with van der Waals surface area (Å²) in [5, 5.41) is 3.20. The van der Waals surface area contributed by atoms with Crippen LogP contribution in [0.2, 0.25) is 0 Å². The first-order chi connectivity index (χ1) is 7.68. The zero-order chi connectivity index (χ0) is 11.8. The number of nitrogens with one attached hydrogen (secondary N) is 1. The summed E-state index contributed by atoms with van der Waals surface area (Å²) in [5.74, 6) is 2.35. The van der Waals surface area contributed by atoms with Crippen molar-refractivity contribution in [2.45, 2.75) is 27.2 Å². The van der Waals surface area contributed by atoms with Gasteiger partial charge < -0.3 is 10.1 Å². The van der Waals surface area contributed by atoms with Gasteiger partial charge >= 0.3 is 0 Å². The summed E-state index contributed by atoms with van der Waals surface area (Å²) < 4.78 is 5.49. The Morgan fingerprint density at radius 3 is 2.88 bits per heavy atom. The lowest BCUT2D eigenvalue weighted by atomic mass is 10.1. The van der Waals surface area contributed by atoms with Crippen molar-refractivity contribution in [2.75, 3.05) is 25.1 Å². The van der Waals surface area contributed by atoms with E-state index in [4.69, 9.17) is 4.74 Å². The van der Waals surface area contributed by atoms with Crippen LogP contribution in [0.5, 0.6) is 0 Å². The number of anilines is 1. The van der Waals surface area contributed by atoms with Crippen LogP contribution in [0.1, 0.15) is 26.1 Å². The van der Waals surface area contributed by atoms with E-state index in [1.165, 1.54) is 0 Å². The van der Waals surface area contributed by atoms with Gasteiger partial charge in [-0.2, -0.15) is 0 Å². The Bertz CT molecular complexity index is 302. The van der Waals surface area contributed by atoms with E-state index in [0.29, 0.717) is 5.92 Å². The molecule has 0 atom stereocenters. The van der Waals surface area contributed by atoms with Gasteiger partial charge in [-0.15, -0.1) is 0 Å². The van der Waals surface area contributed by atoms with E-state index < -0.39 is 0 Å². The first-order valence-electron chi connectivity index (χ1n) is 5.79. The van der Waals surface area contributed by atoms with Crippen molar-refractivity contribution < 1.29 is 4.74 Å². The lowest BCUT2D eigenvalue weighted by Gasteiger charge is -2.08. The van der Waals surface area contributed by atoms with E-state index in [1.54, 1.807) is 6.20 Å². The molecule has 0 saturated carbocycles. The number of aryl methyl sites for hydroxylation is 1. The highest BCUT2D eigenvalue weighted by Gasteiger charge is 1.95. The molecule has 0 aromatic carbocycles. The fourth-order valence-corrected chi connectivity index (χ4v) is 1.23. The van der Waals surface area contributed by atoms with Gasteiger partial charge in [0.05, 0.1) is 6.61 Å². The van der Waals surface area contributed by atoms with Crippen molar-refractivity contribution in [1.29, 1.82) is 0 Å². The molecule has 0 spiro atoms. The molecule has 1 rings (SSSR count). The van der Waals surface area contributed by atoms with Gasteiger partial charge in [0.1, 0.15) is 11.6 Å². The van der Waals surface area contributed by atoms with Crippen LogP contribution in [0.3, 0.4) is 0 Å². The largest absolute Gasteiger partial charge is 0.380 e. The van der Waals surface area contributed by atoms with E-state index in [1.807, 2.05) is 13.0 Å². The van der Waals surface area contributed by atoms with Crippen LogP contribution in [0.15, 0.2) is 12.3 Å². The van der Waals surface area contributed by atoms with E-state index >= 15 is 0 Å². The predicted octanol–water partition coefficient (Wildman–Crippen LogP) is 2.26. The number of hydrogen-bond donors (Lipinski definition) is 1. The van der Waals surface area contributed by atoms with Gasteiger partial charge in [0.25, 0.3) is 0 Å². The smallest absolute Gasteiger partial charge is 0.129 e. The monoisotopic (exact) mass is 223 g/mol. The number of nitrogens with zero attached hydrogens (tertiary/aromatic N) is 2. The Hall–Kier alpha value is -1.16. The SMILES string of the molecule is Cc1nccc(NCCOCCC(C)C)n1. The number of aromatic nitrogens is 2. The normalized spacial score (nSPS) is 10.8. The zero-order valence-corrected chi connectivity index (χ0v) is 10.4. The Morgan fingerprint density at radius 1 is 1.38 bits per heavy atom. The van der Waals surface area contributed by atoms with Crippen molar-refractivity contribution in [3.05, 3.63) is 18.1 Å². The van der Waals surface area contributed by atoms with Crippen molar-refractivity contribution in [2.24, 2.45) is 5.92 Å². The van der Waals surface area contributed by atoms with Crippen LogP contribution in [-0.4, -0.2) is 29.7 Å². The first kappa shape index (κ1) is 12.9. The summed E-state index contributed by atoms with van der Waals surface area (Å²) in [7, 11) is 0. The minimum Gasteiger partial charge on any atom is -0.380 e. The molecular weight excluding hydrogens is 202 g/mol. The maximum atomic E-state index is 5.49. The van der Waals surface area contributed by atoms with E-state index in [2.05, 4.69) is 29.1 Å². The highest BCUT2D eigenvalue weighted by molar-refractivity contribution is 5.32. The van der Waals surface area contributed by atoms with Crippen molar-refractivity contribution >= 4 is 5.82 Å². The molecule has 0 bridgehead atoms. The summed E-state index contributed by atoms with van der Waals surface area (Å²) in [4.78, 5) is 8.28. The summed E-state index contributed by atoms with van der Waals surface area (Å²) in [5.41, 5.74) is 0. The van der Waals surface area contributed by atoms with Crippen molar-refractivity contribution in [1.82, 2.24) is 9.97 Å². The van der Waals surface area contributed by atoms with E-state index in [-0.39, 0.29) is 0 Å². The summed E-state index contributed by atoms with van der Waals surface area (Å²) in [6.07, 6.45) is 2.87. The van der Waals surface area contributed by atoms with Gasteiger partial charge in [-0.3, -0.25) is 0 Å². The second kappa shape index (κ2) is 7.17. The Kier molecular flexibility index (Phi) is 5.78. The van der Waals surface area contributed by atoms with Crippen LogP contribution in [0.25, 0.3) is 0 Å². The van der Waals surface area contributed by atoms with Gasteiger partial charge in [-0.05, 0) is 25.3 Å².